The minimum atomic E-state index is -0.888. The largest absolute Gasteiger partial charge is 0.466 e. The van der Waals surface area contributed by atoms with Crippen LogP contribution in [0.4, 0.5) is 8.78 Å². The molecule has 2 aromatic carbocycles. The number of ether oxygens (including phenoxy) is 1. The summed E-state index contributed by atoms with van der Waals surface area (Å²) in [7, 11) is 0. The van der Waals surface area contributed by atoms with Gasteiger partial charge in [-0.3, -0.25) is 14.4 Å². The van der Waals surface area contributed by atoms with Crippen molar-refractivity contribution in [2.24, 2.45) is 11.3 Å². The van der Waals surface area contributed by atoms with Gasteiger partial charge in [0.2, 0.25) is 23.5 Å². The summed E-state index contributed by atoms with van der Waals surface area (Å²) in [6, 6.07) is 10.5. The minimum Gasteiger partial charge on any atom is -0.466 e. The van der Waals surface area contributed by atoms with Crippen LogP contribution >= 0.6 is 15.9 Å². The fourth-order valence-electron chi connectivity index (χ4n) is 6.01. The highest BCUT2D eigenvalue weighted by Crippen LogP contribution is 2.44. The number of carbonyl (C=O) groups is 3. The average Bonchev–Trinajstić information content (AvgIpc) is 3.57. The van der Waals surface area contributed by atoms with E-state index < -0.39 is 5.41 Å². The lowest BCUT2D eigenvalue weighted by Crippen LogP contribution is -2.43. The quantitative estimate of drug-likeness (QED) is 0.299. The van der Waals surface area contributed by atoms with Crippen LogP contribution in [0.3, 0.4) is 0 Å². The molecule has 0 N–H and O–H groups in total. The maximum Gasteiger partial charge on any atom is 0.314 e. The number of hydrogen-bond donors (Lipinski definition) is 0. The van der Waals surface area contributed by atoms with Crippen LogP contribution in [0, 0.1) is 23.0 Å². The Hall–Kier alpha value is -3.67. The Morgan fingerprint density at radius 2 is 1.77 bits per heavy atom. The molecule has 12 heteroatoms. The smallest absolute Gasteiger partial charge is 0.314 e. The zero-order valence-electron chi connectivity index (χ0n) is 23.9. The molecule has 0 aliphatic carbocycles. The summed E-state index contributed by atoms with van der Waals surface area (Å²) in [5.74, 6) is -0.973. The van der Waals surface area contributed by atoms with Gasteiger partial charge in [0.05, 0.1) is 16.5 Å². The molecule has 0 saturated carbocycles. The van der Waals surface area contributed by atoms with Gasteiger partial charge >= 0.3 is 5.97 Å². The van der Waals surface area contributed by atoms with E-state index in [1.165, 1.54) is 18.2 Å². The van der Waals surface area contributed by atoms with Crippen LogP contribution in [-0.4, -0.2) is 70.5 Å². The molecule has 9 nitrogen and oxygen atoms in total. The molecule has 2 atom stereocenters. The van der Waals surface area contributed by atoms with Gasteiger partial charge in [-0.2, -0.15) is 4.98 Å². The molecular weight excluding hydrogens is 626 g/mol. The van der Waals surface area contributed by atoms with E-state index in [9.17, 15) is 23.2 Å². The molecular formula is C31H33BrF2N4O5. The van der Waals surface area contributed by atoms with Crippen molar-refractivity contribution in [3.05, 3.63) is 70.0 Å². The molecule has 5 rings (SSSR count). The maximum atomic E-state index is 13.9. The molecule has 3 aromatic rings. The molecule has 228 valence electrons. The molecule has 1 aromatic heterocycles. The van der Waals surface area contributed by atoms with E-state index in [0.717, 1.165) is 0 Å². The average molecular weight is 660 g/mol. The van der Waals surface area contributed by atoms with Crippen LogP contribution in [0.1, 0.15) is 44.1 Å². The van der Waals surface area contributed by atoms with E-state index in [0.29, 0.717) is 66.2 Å². The number of rotatable bonds is 9. The van der Waals surface area contributed by atoms with Crippen LogP contribution in [0.5, 0.6) is 0 Å². The third kappa shape index (κ3) is 6.95. The third-order valence-electron chi connectivity index (χ3n) is 8.31. The summed E-state index contributed by atoms with van der Waals surface area (Å²) < 4.78 is 38.3. The number of hydrogen-bond acceptors (Lipinski definition) is 7. The molecule has 2 amide bonds. The van der Waals surface area contributed by atoms with Crippen LogP contribution in [0.2, 0.25) is 0 Å². The monoisotopic (exact) mass is 658 g/mol. The predicted octanol–water partition coefficient (Wildman–Crippen LogP) is 4.97. The van der Waals surface area contributed by atoms with Crippen LogP contribution in [-0.2, 0) is 32.0 Å². The van der Waals surface area contributed by atoms with Crippen molar-refractivity contribution < 1.29 is 32.4 Å². The molecule has 0 spiro atoms. The standard InChI is InChI=1S/C31H33BrF2N4O5/c1-2-42-30(41)31-14-3-15-37(27(39)13-11-26-35-29(36-43-26)21-6-8-23(33)9-7-21)17-22(31)18-38(19-31)28(40)12-5-20-4-10-24(32)25(34)16-20/h4,6-10,16,22H,2-3,5,11-15,17-19H2,1H3. The molecule has 43 heavy (non-hydrogen) atoms. The number of aromatic nitrogens is 2. The van der Waals surface area contributed by atoms with Gasteiger partial charge in [0, 0.05) is 56.9 Å². The molecule has 2 aliphatic rings. The lowest BCUT2D eigenvalue weighted by atomic mass is 9.75. The number of aryl methyl sites for hydroxylation is 2. The summed E-state index contributed by atoms with van der Waals surface area (Å²) in [5, 5.41) is 3.94. The fourth-order valence-corrected chi connectivity index (χ4v) is 6.25. The van der Waals surface area contributed by atoms with Gasteiger partial charge < -0.3 is 19.1 Å². The zero-order chi connectivity index (χ0) is 30.6. The maximum absolute atomic E-state index is 13.9. The Morgan fingerprint density at radius 3 is 2.51 bits per heavy atom. The van der Waals surface area contributed by atoms with E-state index in [1.807, 2.05) is 0 Å². The number of esters is 1. The highest BCUT2D eigenvalue weighted by molar-refractivity contribution is 9.10. The lowest BCUT2D eigenvalue weighted by Gasteiger charge is -2.31. The predicted molar refractivity (Wildman–Crippen MR) is 155 cm³/mol. The Labute approximate surface area is 256 Å². The zero-order valence-corrected chi connectivity index (χ0v) is 25.4. The number of fused-ring (bicyclic) bond motifs is 1. The normalized spacial score (nSPS) is 20.0. The van der Waals surface area contributed by atoms with Gasteiger partial charge in [0.15, 0.2) is 0 Å². The molecule has 3 heterocycles. The molecule has 2 aliphatic heterocycles. The van der Waals surface area contributed by atoms with Gasteiger partial charge in [-0.05, 0) is 84.1 Å². The number of nitrogens with zero attached hydrogens (tertiary/aromatic N) is 4. The van der Waals surface area contributed by atoms with E-state index in [1.54, 1.807) is 41.0 Å². The van der Waals surface area contributed by atoms with E-state index in [4.69, 9.17) is 9.26 Å². The van der Waals surface area contributed by atoms with E-state index in [2.05, 4.69) is 26.1 Å². The fraction of sp³-hybridized carbons (Fsp3) is 0.452. The molecule has 0 bridgehead atoms. The second kappa shape index (κ2) is 13.3. The van der Waals surface area contributed by atoms with Crippen LogP contribution in [0.25, 0.3) is 11.4 Å². The third-order valence-corrected chi connectivity index (χ3v) is 8.95. The van der Waals surface area contributed by atoms with Crippen molar-refractivity contribution in [2.75, 3.05) is 32.8 Å². The number of likely N-dealkylation sites (tertiary alicyclic amines) is 2. The number of halogens is 3. The van der Waals surface area contributed by atoms with Crippen molar-refractivity contribution in [2.45, 2.75) is 45.4 Å². The first-order valence-electron chi connectivity index (χ1n) is 14.4. The second-order valence-electron chi connectivity index (χ2n) is 11.1. The van der Waals surface area contributed by atoms with Gasteiger partial charge in [-0.25, -0.2) is 8.78 Å². The van der Waals surface area contributed by atoms with Gasteiger partial charge in [0.1, 0.15) is 11.6 Å². The van der Waals surface area contributed by atoms with Crippen LogP contribution < -0.4 is 0 Å². The van der Waals surface area contributed by atoms with E-state index >= 15 is 0 Å². The van der Waals surface area contributed by atoms with Crippen molar-refractivity contribution in [1.29, 1.82) is 0 Å². The van der Waals surface area contributed by atoms with Crippen molar-refractivity contribution >= 4 is 33.7 Å². The highest BCUT2D eigenvalue weighted by atomic mass is 79.9. The minimum absolute atomic E-state index is 0.108. The van der Waals surface area contributed by atoms with Crippen molar-refractivity contribution in [3.63, 3.8) is 0 Å². The Balaban J connectivity index is 1.23. The van der Waals surface area contributed by atoms with Gasteiger partial charge in [-0.1, -0.05) is 11.2 Å². The molecule has 2 fully saturated rings. The lowest BCUT2D eigenvalue weighted by molar-refractivity contribution is -0.158. The van der Waals surface area contributed by atoms with Gasteiger partial charge in [-0.15, -0.1) is 0 Å². The molecule has 2 saturated heterocycles. The summed E-state index contributed by atoms with van der Waals surface area (Å²) >= 11 is 3.14. The summed E-state index contributed by atoms with van der Waals surface area (Å²) in [4.78, 5) is 47.7. The Morgan fingerprint density at radius 1 is 1.05 bits per heavy atom. The first kappa shape index (κ1) is 30.8. The SMILES string of the molecule is CCOC(=O)C12CCCN(C(=O)CCc3nc(-c4ccc(F)cc4)no3)CC1CN(C(=O)CCc1ccc(Br)c(F)c1)C2. The number of amides is 2. The first-order valence-corrected chi connectivity index (χ1v) is 15.2. The first-order chi connectivity index (χ1) is 20.7. The molecule has 0 radical (unpaired) electrons. The Bertz CT molecular complexity index is 1480. The summed E-state index contributed by atoms with van der Waals surface area (Å²) in [6.45, 7) is 3.36. The second-order valence-corrected chi connectivity index (χ2v) is 11.9. The van der Waals surface area contributed by atoms with Crippen LogP contribution in [0.15, 0.2) is 51.5 Å². The van der Waals surface area contributed by atoms with E-state index in [-0.39, 0.29) is 67.8 Å². The number of benzene rings is 2. The van der Waals surface area contributed by atoms with Crippen molar-refractivity contribution in [1.82, 2.24) is 19.9 Å². The summed E-state index contributed by atoms with van der Waals surface area (Å²) in [5.41, 5.74) is 0.432. The summed E-state index contributed by atoms with van der Waals surface area (Å²) in [6.07, 6.45) is 2.03. The number of carbonyl (C=O) groups excluding carboxylic acids is 3. The van der Waals surface area contributed by atoms with Crippen molar-refractivity contribution in [3.8, 4) is 11.4 Å². The topological polar surface area (TPSA) is 106 Å². The molecule has 2 unspecified atom stereocenters. The van der Waals surface area contributed by atoms with Gasteiger partial charge in [0.25, 0.3) is 0 Å². The Kier molecular flexibility index (Phi) is 9.53. The highest BCUT2D eigenvalue weighted by Gasteiger charge is 2.55.